The number of rotatable bonds is 9. The van der Waals surface area contributed by atoms with Crippen molar-refractivity contribution < 1.29 is 10.2 Å². The van der Waals surface area contributed by atoms with Crippen LogP contribution >= 0.6 is 0 Å². The van der Waals surface area contributed by atoms with Crippen molar-refractivity contribution in [2.24, 2.45) is 0 Å². The summed E-state index contributed by atoms with van der Waals surface area (Å²) in [5.41, 5.74) is 2.13. The molecule has 0 amide bonds. The van der Waals surface area contributed by atoms with Crippen molar-refractivity contribution in [2.45, 2.75) is 57.8 Å². The van der Waals surface area contributed by atoms with E-state index < -0.39 is 0 Å². The Morgan fingerprint density at radius 3 is 2.13 bits per heavy atom. The summed E-state index contributed by atoms with van der Waals surface area (Å²) in [6.07, 6.45) is 8.61. The molecule has 0 bridgehead atoms. The predicted molar refractivity (Wildman–Crippen MR) is 96.0 cm³/mol. The zero-order valence-electron chi connectivity index (χ0n) is 14.0. The van der Waals surface area contributed by atoms with E-state index in [-0.39, 0.29) is 11.7 Å². The highest BCUT2D eigenvalue weighted by molar-refractivity contribution is 5.42. The third kappa shape index (κ3) is 5.31. The number of hydrogen-bond donors (Lipinski definition) is 2. The van der Waals surface area contributed by atoms with Crippen LogP contribution in [0, 0.1) is 0 Å². The van der Waals surface area contributed by atoms with Gasteiger partial charge >= 0.3 is 0 Å². The largest absolute Gasteiger partial charge is 0.508 e. The molecule has 0 radical (unpaired) electrons. The lowest BCUT2D eigenvalue weighted by molar-refractivity contribution is 0.460. The average molecular weight is 312 g/mol. The minimum Gasteiger partial charge on any atom is -0.508 e. The maximum absolute atomic E-state index is 10.2. The molecule has 124 valence electrons. The van der Waals surface area contributed by atoms with E-state index >= 15 is 0 Å². The second kappa shape index (κ2) is 9.24. The van der Waals surface area contributed by atoms with Gasteiger partial charge in [0.25, 0.3) is 0 Å². The Balaban J connectivity index is 2.06. The van der Waals surface area contributed by atoms with Gasteiger partial charge in [-0.15, -0.1) is 0 Å². The number of hydrogen-bond acceptors (Lipinski definition) is 2. The van der Waals surface area contributed by atoms with Gasteiger partial charge in [-0.3, -0.25) is 0 Å². The molecule has 0 heterocycles. The van der Waals surface area contributed by atoms with Gasteiger partial charge in [0, 0.05) is 11.5 Å². The Bertz CT molecular complexity index is 575. The lowest BCUT2D eigenvalue weighted by atomic mass is 9.86. The zero-order chi connectivity index (χ0) is 16.5. The highest BCUT2D eigenvalue weighted by atomic mass is 16.3. The Morgan fingerprint density at radius 2 is 1.43 bits per heavy atom. The van der Waals surface area contributed by atoms with Gasteiger partial charge in [0.05, 0.1) is 0 Å². The fourth-order valence-electron chi connectivity index (χ4n) is 3.12. The van der Waals surface area contributed by atoms with E-state index in [1.54, 1.807) is 18.2 Å². The SMILES string of the molecule is CCCCCCCCC(c1ccc(O)cc1)c1ccccc1O. The molecule has 0 spiro atoms. The van der Waals surface area contributed by atoms with Crippen LogP contribution in [0.1, 0.15) is 68.9 Å². The van der Waals surface area contributed by atoms with Crippen molar-refractivity contribution >= 4 is 0 Å². The maximum Gasteiger partial charge on any atom is 0.119 e. The molecule has 2 rings (SSSR count). The quantitative estimate of drug-likeness (QED) is 0.559. The van der Waals surface area contributed by atoms with E-state index in [1.807, 2.05) is 30.3 Å². The van der Waals surface area contributed by atoms with Crippen molar-refractivity contribution in [1.29, 1.82) is 0 Å². The van der Waals surface area contributed by atoms with Crippen molar-refractivity contribution in [3.05, 3.63) is 59.7 Å². The lowest BCUT2D eigenvalue weighted by Crippen LogP contribution is -2.02. The Hall–Kier alpha value is -1.96. The van der Waals surface area contributed by atoms with Crippen LogP contribution in [0.2, 0.25) is 0 Å². The molecule has 2 aromatic carbocycles. The molecule has 0 saturated carbocycles. The fraction of sp³-hybridized carbons (Fsp3) is 0.429. The Morgan fingerprint density at radius 1 is 0.783 bits per heavy atom. The monoisotopic (exact) mass is 312 g/mol. The predicted octanol–water partition coefficient (Wildman–Crippen LogP) is 5.98. The first-order valence-corrected chi connectivity index (χ1v) is 8.79. The van der Waals surface area contributed by atoms with Crippen molar-refractivity contribution in [2.75, 3.05) is 0 Å². The highest BCUT2D eigenvalue weighted by Gasteiger charge is 2.17. The summed E-state index contributed by atoms with van der Waals surface area (Å²) in [4.78, 5) is 0. The molecule has 2 N–H and O–H groups in total. The van der Waals surface area contributed by atoms with Gasteiger partial charge in [-0.1, -0.05) is 75.8 Å². The van der Waals surface area contributed by atoms with Gasteiger partial charge in [-0.2, -0.15) is 0 Å². The fourth-order valence-corrected chi connectivity index (χ4v) is 3.12. The van der Waals surface area contributed by atoms with Crippen LogP contribution in [0.5, 0.6) is 11.5 Å². The van der Waals surface area contributed by atoms with E-state index in [1.165, 1.54) is 32.1 Å². The molecule has 0 aromatic heterocycles. The summed E-state index contributed by atoms with van der Waals surface area (Å²) in [6, 6.07) is 15.0. The average Bonchev–Trinajstić information content (AvgIpc) is 2.56. The number of aromatic hydroxyl groups is 2. The molecule has 23 heavy (non-hydrogen) atoms. The molecule has 0 aliphatic heterocycles. The molecule has 0 saturated heterocycles. The normalized spacial score (nSPS) is 12.2. The Labute approximate surface area is 139 Å². The van der Waals surface area contributed by atoms with Gasteiger partial charge in [0.2, 0.25) is 0 Å². The lowest BCUT2D eigenvalue weighted by Gasteiger charge is -2.19. The van der Waals surface area contributed by atoms with Crippen LogP contribution in [-0.4, -0.2) is 10.2 Å². The molecule has 2 heteroatoms. The smallest absolute Gasteiger partial charge is 0.119 e. The minimum absolute atomic E-state index is 0.183. The highest BCUT2D eigenvalue weighted by Crippen LogP contribution is 2.35. The van der Waals surface area contributed by atoms with Crippen LogP contribution in [-0.2, 0) is 0 Å². The first-order chi connectivity index (χ1) is 11.2. The van der Waals surface area contributed by atoms with E-state index in [0.29, 0.717) is 5.75 Å². The third-order valence-corrected chi connectivity index (χ3v) is 4.45. The molecule has 0 fully saturated rings. The minimum atomic E-state index is 0.183. The molecular formula is C21H28O2. The maximum atomic E-state index is 10.2. The standard InChI is InChI=1S/C21H28O2/c1-2-3-4-5-6-7-10-19(17-13-15-18(22)16-14-17)20-11-8-9-12-21(20)23/h8-9,11-16,19,22-23H,2-7,10H2,1H3. The number of phenolic OH excluding ortho intramolecular Hbond substituents is 2. The molecule has 1 atom stereocenters. The van der Waals surface area contributed by atoms with E-state index in [0.717, 1.165) is 24.0 Å². The second-order valence-electron chi connectivity index (χ2n) is 6.26. The van der Waals surface area contributed by atoms with Gasteiger partial charge in [0.15, 0.2) is 0 Å². The van der Waals surface area contributed by atoms with Gasteiger partial charge in [-0.05, 0) is 30.2 Å². The second-order valence-corrected chi connectivity index (χ2v) is 6.26. The molecule has 2 aromatic rings. The summed E-state index contributed by atoms with van der Waals surface area (Å²) in [5.74, 6) is 0.823. The van der Waals surface area contributed by atoms with Crippen LogP contribution < -0.4 is 0 Å². The number of phenols is 2. The third-order valence-electron chi connectivity index (χ3n) is 4.45. The number of benzene rings is 2. The van der Waals surface area contributed by atoms with Gasteiger partial charge in [0.1, 0.15) is 11.5 Å². The van der Waals surface area contributed by atoms with Crippen molar-refractivity contribution in [1.82, 2.24) is 0 Å². The van der Waals surface area contributed by atoms with Crippen LogP contribution in [0.15, 0.2) is 48.5 Å². The molecule has 0 aliphatic rings. The topological polar surface area (TPSA) is 40.5 Å². The summed E-state index contributed by atoms with van der Waals surface area (Å²) >= 11 is 0. The molecule has 2 nitrogen and oxygen atoms in total. The summed E-state index contributed by atoms with van der Waals surface area (Å²) in [7, 11) is 0. The van der Waals surface area contributed by atoms with Crippen molar-refractivity contribution in [3.8, 4) is 11.5 Å². The zero-order valence-corrected chi connectivity index (χ0v) is 14.0. The van der Waals surface area contributed by atoms with Gasteiger partial charge in [-0.25, -0.2) is 0 Å². The van der Waals surface area contributed by atoms with Crippen LogP contribution in [0.25, 0.3) is 0 Å². The number of unbranched alkanes of at least 4 members (excludes halogenated alkanes) is 5. The Kier molecular flexibility index (Phi) is 6.99. The summed E-state index contributed by atoms with van der Waals surface area (Å²) in [6.45, 7) is 2.24. The van der Waals surface area contributed by atoms with Crippen molar-refractivity contribution in [3.63, 3.8) is 0 Å². The van der Waals surface area contributed by atoms with Gasteiger partial charge < -0.3 is 10.2 Å². The van der Waals surface area contributed by atoms with Crippen LogP contribution in [0.3, 0.4) is 0 Å². The van der Waals surface area contributed by atoms with E-state index in [4.69, 9.17) is 0 Å². The van der Waals surface area contributed by atoms with Crippen LogP contribution in [0.4, 0.5) is 0 Å². The summed E-state index contributed by atoms with van der Waals surface area (Å²) in [5, 5.41) is 19.7. The molecule has 1 unspecified atom stereocenters. The number of para-hydroxylation sites is 1. The summed E-state index contributed by atoms with van der Waals surface area (Å²) < 4.78 is 0. The molecular weight excluding hydrogens is 284 g/mol. The molecule has 0 aliphatic carbocycles. The first-order valence-electron chi connectivity index (χ1n) is 8.79. The van der Waals surface area contributed by atoms with E-state index in [9.17, 15) is 10.2 Å². The van der Waals surface area contributed by atoms with E-state index in [2.05, 4.69) is 6.92 Å². The first kappa shape index (κ1) is 17.4.